The van der Waals surface area contributed by atoms with Crippen LogP contribution in [0.15, 0.2) is 12.7 Å². The van der Waals surface area contributed by atoms with Gasteiger partial charge in [-0.25, -0.2) is 4.79 Å². The second kappa shape index (κ2) is 10.0. The summed E-state index contributed by atoms with van der Waals surface area (Å²) in [6.45, 7) is 12.0. The lowest BCUT2D eigenvalue weighted by Crippen LogP contribution is -2.50. The molecule has 24 heavy (non-hydrogen) atoms. The largest absolute Gasteiger partial charge is 0.390 e. The van der Waals surface area contributed by atoms with Gasteiger partial charge in [0, 0.05) is 38.8 Å². The number of piperidine rings is 2. The number of likely N-dealkylation sites (tertiary alicyclic amines) is 2. The zero-order chi connectivity index (χ0) is 17.4. The van der Waals surface area contributed by atoms with Crippen LogP contribution < -0.4 is 10.6 Å². The first-order chi connectivity index (χ1) is 11.6. The quantitative estimate of drug-likeness (QED) is 0.607. The van der Waals surface area contributed by atoms with Crippen molar-refractivity contribution < 1.29 is 9.90 Å². The number of nitrogens with zero attached hydrogens (tertiary/aromatic N) is 2. The summed E-state index contributed by atoms with van der Waals surface area (Å²) < 4.78 is 0. The van der Waals surface area contributed by atoms with Crippen molar-refractivity contribution in [2.45, 2.75) is 44.8 Å². The molecule has 0 spiro atoms. The Kier molecular flexibility index (Phi) is 8.02. The molecule has 1 atom stereocenters. The van der Waals surface area contributed by atoms with Crippen LogP contribution in [0.5, 0.6) is 0 Å². The lowest BCUT2D eigenvalue weighted by Gasteiger charge is -2.32. The molecule has 0 aromatic heterocycles. The van der Waals surface area contributed by atoms with E-state index >= 15 is 0 Å². The van der Waals surface area contributed by atoms with Gasteiger partial charge in [0.25, 0.3) is 0 Å². The zero-order valence-corrected chi connectivity index (χ0v) is 15.0. The third kappa shape index (κ3) is 6.79. The van der Waals surface area contributed by atoms with Crippen LogP contribution in [0.25, 0.3) is 0 Å². The predicted octanol–water partition coefficient (Wildman–Crippen LogP) is 1.03. The number of urea groups is 1. The van der Waals surface area contributed by atoms with E-state index in [4.69, 9.17) is 0 Å². The van der Waals surface area contributed by atoms with Crippen molar-refractivity contribution in [2.24, 2.45) is 5.92 Å². The molecule has 2 rings (SSSR count). The lowest BCUT2D eigenvalue weighted by atomic mass is 9.99. The topological polar surface area (TPSA) is 67.8 Å². The number of β-amino-alcohol motifs (C(OH)–C–C–N with tert-alkyl or cyclic N) is 1. The van der Waals surface area contributed by atoms with Crippen LogP contribution in [-0.2, 0) is 0 Å². The lowest BCUT2D eigenvalue weighted by molar-refractivity contribution is 0.0917. The van der Waals surface area contributed by atoms with Gasteiger partial charge in [-0.3, -0.25) is 4.90 Å². The molecule has 0 radical (unpaired) electrons. The normalized spacial score (nSPS) is 22.9. The van der Waals surface area contributed by atoms with E-state index in [-0.39, 0.29) is 12.1 Å². The summed E-state index contributed by atoms with van der Waals surface area (Å²) in [5, 5.41) is 15.9. The number of hydrogen-bond donors (Lipinski definition) is 3. The molecule has 6 heteroatoms. The molecule has 2 amide bonds. The van der Waals surface area contributed by atoms with E-state index in [1.165, 1.54) is 12.8 Å². The first kappa shape index (κ1) is 19.2. The minimum absolute atomic E-state index is 0.163. The molecule has 0 bridgehead atoms. The van der Waals surface area contributed by atoms with E-state index < -0.39 is 6.10 Å². The van der Waals surface area contributed by atoms with Gasteiger partial charge in [-0.15, -0.1) is 6.58 Å². The number of carbonyl (C=O) groups is 1. The number of aliphatic hydroxyl groups excluding tert-OH is 1. The average Bonchev–Trinajstić information content (AvgIpc) is 2.57. The molecule has 2 aliphatic heterocycles. The molecule has 138 valence electrons. The Morgan fingerprint density at radius 3 is 2.46 bits per heavy atom. The van der Waals surface area contributed by atoms with Crippen LogP contribution in [0.2, 0.25) is 0 Å². The van der Waals surface area contributed by atoms with Crippen molar-refractivity contribution in [3.05, 3.63) is 12.7 Å². The standard InChI is InChI=1S/C18H34N4O2/c1-3-8-21-11-6-16(7-12-21)20-18(24)19-13-17(23)14-22-9-4-15(2)5-10-22/h3,15-17,23H,1,4-14H2,2H3,(H2,19,20,24). The Morgan fingerprint density at radius 1 is 1.21 bits per heavy atom. The molecule has 0 aliphatic carbocycles. The fourth-order valence-corrected chi connectivity index (χ4v) is 3.50. The van der Waals surface area contributed by atoms with Crippen LogP contribution >= 0.6 is 0 Å². The van der Waals surface area contributed by atoms with Gasteiger partial charge in [-0.05, 0) is 44.7 Å². The number of carbonyl (C=O) groups excluding carboxylic acids is 1. The van der Waals surface area contributed by atoms with Crippen molar-refractivity contribution in [3.63, 3.8) is 0 Å². The van der Waals surface area contributed by atoms with Crippen LogP contribution in [0.3, 0.4) is 0 Å². The molecule has 1 unspecified atom stereocenters. The number of hydrogen-bond acceptors (Lipinski definition) is 4. The van der Waals surface area contributed by atoms with Crippen molar-refractivity contribution in [1.82, 2.24) is 20.4 Å². The predicted molar refractivity (Wildman–Crippen MR) is 97.0 cm³/mol. The molecular weight excluding hydrogens is 304 g/mol. The van der Waals surface area contributed by atoms with Gasteiger partial charge in [-0.2, -0.15) is 0 Å². The SMILES string of the molecule is C=CCN1CCC(NC(=O)NCC(O)CN2CCC(C)CC2)CC1. The number of nitrogens with one attached hydrogen (secondary N) is 2. The van der Waals surface area contributed by atoms with Crippen molar-refractivity contribution in [3.8, 4) is 0 Å². The number of amides is 2. The number of rotatable bonds is 7. The molecule has 0 aromatic carbocycles. The highest BCUT2D eigenvalue weighted by molar-refractivity contribution is 5.74. The highest BCUT2D eigenvalue weighted by atomic mass is 16.3. The Labute approximate surface area is 146 Å². The second-order valence-electron chi connectivity index (χ2n) is 7.35. The number of aliphatic hydroxyl groups is 1. The van der Waals surface area contributed by atoms with E-state index in [0.717, 1.165) is 51.5 Å². The van der Waals surface area contributed by atoms with E-state index in [0.29, 0.717) is 13.1 Å². The van der Waals surface area contributed by atoms with Gasteiger partial charge in [0.2, 0.25) is 0 Å². The molecule has 2 saturated heterocycles. The molecular formula is C18H34N4O2. The third-order valence-corrected chi connectivity index (χ3v) is 5.15. The smallest absolute Gasteiger partial charge is 0.315 e. The summed E-state index contributed by atoms with van der Waals surface area (Å²) in [6, 6.07) is 0.0651. The summed E-state index contributed by atoms with van der Waals surface area (Å²) in [5.74, 6) is 0.792. The molecule has 2 aliphatic rings. The Morgan fingerprint density at radius 2 is 1.83 bits per heavy atom. The maximum absolute atomic E-state index is 12.0. The van der Waals surface area contributed by atoms with Gasteiger partial charge < -0.3 is 20.6 Å². The van der Waals surface area contributed by atoms with E-state index in [9.17, 15) is 9.90 Å². The minimum Gasteiger partial charge on any atom is -0.390 e. The summed E-state index contributed by atoms with van der Waals surface area (Å²) >= 11 is 0. The minimum atomic E-state index is -0.501. The summed E-state index contributed by atoms with van der Waals surface area (Å²) in [5.41, 5.74) is 0. The highest BCUT2D eigenvalue weighted by Gasteiger charge is 2.21. The van der Waals surface area contributed by atoms with Gasteiger partial charge >= 0.3 is 6.03 Å². The molecule has 0 saturated carbocycles. The Bertz CT molecular complexity index is 388. The third-order valence-electron chi connectivity index (χ3n) is 5.15. The Hall–Kier alpha value is -1.11. The maximum Gasteiger partial charge on any atom is 0.315 e. The first-order valence-electron chi connectivity index (χ1n) is 9.35. The first-order valence-corrected chi connectivity index (χ1v) is 9.35. The van der Waals surface area contributed by atoms with Crippen LogP contribution in [-0.4, -0.2) is 78.9 Å². The summed E-state index contributed by atoms with van der Waals surface area (Å²) in [4.78, 5) is 16.6. The van der Waals surface area contributed by atoms with Gasteiger partial charge in [0.1, 0.15) is 0 Å². The molecule has 2 fully saturated rings. The maximum atomic E-state index is 12.0. The van der Waals surface area contributed by atoms with Crippen LogP contribution in [0.4, 0.5) is 4.79 Å². The van der Waals surface area contributed by atoms with E-state index in [1.807, 2.05) is 6.08 Å². The summed E-state index contributed by atoms with van der Waals surface area (Å²) in [7, 11) is 0. The summed E-state index contributed by atoms with van der Waals surface area (Å²) in [6.07, 6.45) is 5.76. The monoisotopic (exact) mass is 338 g/mol. The van der Waals surface area contributed by atoms with Crippen LogP contribution in [0.1, 0.15) is 32.6 Å². The zero-order valence-electron chi connectivity index (χ0n) is 15.0. The van der Waals surface area contributed by atoms with Crippen LogP contribution in [0, 0.1) is 5.92 Å². The average molecular weight is 338 g/mol. The fourth-order valence-electron chi connectivity index (χ4n) is 3.50. The van der Waals surface area contributed by atoms with Crippen molar-refractivity contribution in [2.75, 3.05) is 45.8 Å². The Balaban J connectivity index is 1.56. The van der Waals surface area contributed by atoms with E-state index in [2.05, 4.69) is 33.9 Å². The van der Waals surface area contributed by atoms with E-state index in [1.54, 1.807) is 0 Å². The highest BCUT2D eigenvalue weighted by Crippen LogP contribution is 2.15. The van der Waals surface area contributed by atoms with Crippen molar-refractivity contribution >= 4 is 6.03 Å². The van der Waals surface area contributed by atoms with Crippen molar-refractivity contribution in [1.29, 1.82) is 0 Å². The molecule has 6 nitrogen and oxygen atoms in total. The van der Waals surface area contributed by atoms with Gasteiger partial charge in [0.15, 0.2) is 0 Å². The molecule has 0 aromatic rings. The second-order valence-corrected chi connectivity index (χ2v) is 7.35. The molecule has 2 heterocycles. The van der Waals surface area contributed by atoms with Gasteiger partial charge in [0.05, 0.1) is 6.10 Å². The fraction of sp³-hybridized carbons (Fsp3) is 0.833. The van der Waals surface area contributed by atoms with Gasteiger partial charge in [-0.1, -0.05) is 13.0 Å². The molecule has 3 N–H and O–H groups in total.